The average molecular weight is 495 g/mol. The molecule has 8 nitrogen and oxygen atoms in total. The van der Waals surface area contributed by atoms with Crippen molar-refractivity contribution in [3.8, 4) is 0 Å². The van der Waals surface area contributed by atoms with Crippen LogP contribution in [0.3, 0.4) is 0 Å². The molecule has 4 aromatic rings. The second-order valence-electron chi connectivity index (χ2n) is 7.69. The number of nitrogens with one attached hydrogen (secondary N) is 1. The maximum atomic E-state index is 13.2. The van der Waals surface area contributed by atoms with Crippen LogP contribution in [0.25, 0.3) is 10.9 Å². The first-order valence-electron chi connectivity index (χ1n) is 10.3. The number of hydrogen-bond donors (Lipinski definition) is 2. The van der Waals surface area contributed by atoms with E-state index in [1.54, 1.807) is 22.8 Å². The van der Waals surface area contributed by atoms with E-state index < -0.39 is 10.0 Å². The number of primary sulfonamides is 1. The third-order valence-electron chi connectivity index (χ3n) is 5.09. The molecule has 174 valence electrons. The van der Waals surface area contributed by atoms with Crippen LogP contribution in [0.4, 0.5) is 5.69 Å². The lowest BCUT2D eigenvalue weighted by molar-refractivity contribution is -0.113. The minimum Gasteiger partial charge on any atom is -0.325 e. The van der Waals surface area contributed by atoms with Crippen LogP contribution in [0, 0.1) is 6.92 Å². The van der Waals surface area contributed by atoms with E-state index in [0.717, 1.165) is 22.9 Å². The van der Waals surface area contributed by atoms with E-state index in [-0.39, 0.29) is 22.1 Å². The zero-order chi connectivity index (χ0) is 24.3. The molecule has 0 unspecified atom stereocenters. The van der Waals surface area contributed by atoms with Crippen LogP contribution in [0.1, 0.15) is 11.1 Å². The molecule has 0 aliphatic heterocycles. The predicted octanol–water partition coefficient (Wildman–Crippen LogP) is 3.13. The zero-order valence-corrected chi connectivity index (χ0v) is 19.9. The van der Waals surface area contributed by atoms with Crippen molar-refractivity contribution >= 4 is 44.3 Å². The molecular formula is C24H22N4O4S2. The number of aromatic nitrogens is 2. The van der Waals surface area contributed by atoms with E-state index >= 15 is 0 Å². The Balaban J connectivity index is 1.56. The van der Waals surface area contributed by atoms with Gasteiger partial charge >= 0.3 is 0 Å². The Bertz CT molecular complexity index is 1510. The number of nitrogens with two attached hydrogens (primary N) is 1. The zero-order valence-electron chi connectivity index (χ0n) is 18.3. The number of hydrogen-bond acceptors (Lipinski definition) is 6. The fraction of sp³-hybridized carbons (Fsp3) is 0.125. The highest BCUT2D eigenvalue weighted by molar-refractivity contribution is 7.99. The Morgan fingerprint density at radius 1 is 1.03 bits per heavy atom. The lowest BCUT2D eigenvalue weighted by Crippen LogP contribution is -2.25. The highest BCUT2D eigenvalue weighted by Crippen LogP contribution is 2.20. The first-order chi connectivity index (χ1) is 16.2. The van der Waals surface area contributed by atoms with Gasteiger partial charge < -0.3 is 5.32 Å². The van der Waals surface area contributed by atoms with Gasteiger partial charge in [-0.2, -0.15) is 0 Å². The Morgan fingerprint density at radius 3 is 2.38 bits per heavy atom. The molecule has 0 saturated heterocycles. The van der Waals surface area contributed by atoms with E-state index in [2.05, 4.69) is 10.3 Å². The SMILES string of the molecule is Cc1ccc(Cn2c(SCC(=O)Nc3ccc(S(N)(=O)=O)cc3)nc3ccccc3c2=O)cc1. The molecule has 0 aliphatic rings. The van der Waals surface area contributed by atoms with Gasteiger partial charge in [0.1, 0.15) is 0 Å². The minimum atomic E-state index is -3.81. The van der Waals surface area contributed by atoms with Gasteiger partial charge in [0.25, 0.3) is 5.56 Å². The summed E-state index contributed by atoms with van der Waals surface area (Å²) in [5.74, 6) is -0.312. The van der Waals surface area contributed by atoms with Gasteiger partial charge in [-0.05, 0) is 48.9 Å². The van der Waals surface area contributed by atoms with Crippen LogP contribution < -0.4 is 16.0 Å². The van der Waals surface area contributed by atoms with Gasteiger partial charge in [0.15, 0.2) is 5.16 Å². The maximum Gasteiger partial charge on any atom is 0.262 e. The minimum absolute atomic E-state index is 0.00954. The molecule has 1 aromatic heterocycles. The molecule has 0 spiro atoms. The van der Waals surface area contributed by atoms with Crippen molar-refractivity contribution < 1.29 is 13.2 Å². The number of amides is 1. The molecule has 10 heteroatoms. The van der Waals surface area contributed by atoms with Crippen molar-refractivity contribution in [1.29, 1.82) is 0 Å². The molecule has 1 heterocycles. The molecule has 0 aliphatic carbocycles. The third-order valence-corrected chi connectivity index (χ3v) is 6.99. The fourth-order valence-electron chi connectivity index (χ4n) is 3.33. The number of carbonyl (C=O) groups is 1. The molecule has 0 bridgehead atoms. The van der Waals surface area contributed by atoms with Gasteiger partial charge in [0, 0.05) is 5.69 Å². The number of anilines is 1. The van der Waals surface area contributed by atoms with Gasteiger partial charge in [-0.3, -0.25) is 14.2 Å². The first kappa shape index (κ1) is 23.7. The molecule has 0 atom stereocenters. The van der Waals surface area contributed by atoms with E-state index in [0.29, 0.717) is 28.3 Å². The van der Waals surface area contributed by atoms with E-state index in [1.165, 1.54) is 24.3 Å². The highest BCUT2D eigenvalue weighted by atomic mass is 32.2. The Labute approximate surface area is 200 Å². The number of sulfonamides is 1. The Morgan fingerprint density at radius 2 is 1.71 bits per heavy atom. The number of rotatable bonds is 7. The average Bonchev–Trinajstić information content (AvgIpc) is 2.81. The van der Waals surface area contributed by atoms with Crippen molar-refractivity contribution in [3.63, 3.8) is 0 Å². The Hall–Kier alpha value is -3.47. The predicted molar refractivity (Wildman–Crippen MR) is 133 cm³/mol. The maximum absolute atomic E-state index is 13.2. The molecule has 0 fully saturated rings. The molecule has 0 saturated carbocycles. The summed E-state index contributed by atoms with van der Waals surface area (Å²) in [5, 5.41) is 8.75. The summed E-state index contributed by atoms with van der Waals surface area (Å²) in [7, 11) is -3.81. The summed E-state index contributed by atoms with van der Waals surface area (Å²) in [6.07, 6.45) is 0. The summed E-state index contributed by atoms with van der Waals surface area (Å²) in [5.41, 5.74) is 2.89. The number of thioether (sulfide) groups is 1. The fourth-order valence-corrected chi connectivity index (χ4v) is 4.64. The number of carbonyl (C=O) groups excluding carboxylic acids is 1. The summed E-state index contributed by atoms with van der Waals surface area (Å²) < 4.78 is 24.3. The summed E-state index contributed by atoms with van der Waals surface area (Å²) in [4.78, 5) is 30.3. The molecule has 1 amide bonds. The summed E-state index contributed by atoms with van der Waals surface area (Å²) in [6.45, 7) is 2.33. The normalized spacial score (nSPS) is 11.5. The highest BCUT2D eigenvalue weighted by Gasteiger charge is 2.14. The van der Waals surface area contributed by atoms with Gasteiger partial charge in [0.2, 0.25) is 15.9 Å². The molecule has 0 radical (unpaired) electrons. The van der Waals surface area contributed by atoms with E-state index in [9.17, 15) is 18.0 Å². The molecule has 34 heavy (non-hydrogen) atoms. The van der Waals surface area contributed by atoms with Crippen LogP contribution in [0.5, 0.6) is 0 Å². The van der Waals surface area contributed by atoms with Gasteiger partial charge in [-0.15, -0.1) is 0 Å². The lowest BCUT2D eigenvalue weighted by Gasteiger charge is -2.13. The molecule has 3 aromatic carbocycles. The van der Waals surface area contributed by atoms with Crippen LogP contribution in [0.15, 0.2) is 87.6 Å². The monoisotopic (exact) mass is 494 g/mol. The largest absolute Gasteiger partial charge is 0.325 e. The Kier molecular flexibility index (Phi) is 6.82. The van der Waals surface area contributed by atoms with E-state index in [1.807, 2.05) is 37.3 Å². The molecule has 3 N–H and O–H groups in total. The molecular weight excluding hydrogens is 472 g/mol. The van der Waals surface area contributed by atoms with Crippen LogP contribution in [-0.2, 0) is 21.4 Å². The number of fused-ring (bicyclic) bond motifs is 1. The molecule has 4 rings (SSSR count). The van der Waals surface area contributed by atoms with E-state index in [4.69, 9.17) is 5.14 Å². The number of nitrogens with zero attached hydrogens (tertiary/aromatic N) is 2. The number of para-hydroxylation sites is 1. The van der Waals surface area contributed by atoms with Crippen molar-refractivity contribution in [2.45, 2.75) is 23.5 Å². The number of aryl methyl sites for hydroxylation is 1. The van der Waals surface area contributed by atoms with Gasteiger partial charge in [-0.25, -0.2) is 18.5 Å². The van der Waals surface area contributed by atoms with Gasteiger partial charge in [-0.1, -0.05) is 53.7 Å². The second-order valence-corrected chi connectivity index (χ2v) is 10.2. The van der Waals surface area contributed by atoms with Crippen LogP contribution >= 0.6 is 11.8 Å². The summed E-state index contributed by atoms with van der Waals surface area (Å²) >= 11 is 1.16. The van der Waals surface area contributed by atoms with Crippen molar-refractivity contribution in [2.75, 3.05) is 11.1 Å². The van der Waals surface area contributed by atoms with Crippen molar-refractivity contribution in [2.24, 2.45) is 5.14 Å². The first-order valence-corrected chi connectivity index (χ1v) is 12.8. The smallest absolute Gasteiger partial charge is 0.262 e. The van der Waals surface area contributed by atoms with Crippen molar-refractivity contribution in [3.05, 3.63) is 94.3 Å². The van der Waals surface area contributed by atoms with Crippen LogP contribution in [-0.4, -0.2) is 29.6 Å². The lowest BCUT2D eigenvalue weighted by atomic mass is 10.1. The number of benzene rings is 3. The quantitative estimate of drug-likeness (QED) is 0.300. The third kappa shape index (κ3) is 5.53. The van der Waals surface area contributed by atoms with Crippen molar-refractivity contribution in [1.82, 2.24) is 9.55 Å². The van der Waals surface area contributed by atoms with Crippen LogP contribution in [0.2, 0.25) is 0 Å². The van der Waals surface area contributed by atoms with Gasteiger partial charge in [0.05, 0.1) is 28.1 Å². The summed E-state index contributed by atoms with van der Waals surface area (Å²) in [6, 6.07) is 20.6. The topological polar surface area (TPSA) is 124 Å². The standard InChI is InChI=1S/C24H22N4O4S2/c1-16-6-8-17(9-7-16)14-28-23(30)20-4-2-3-5-21(20)27-24(28)33-15-22(29)26-18-10-12-19(13-11-18)34(25,31)32/h2-13H,14-15H2,1H3,(H,26,29)(H2,25,31,32). The second kappa shape index (κ2) is 9.80.